The predicted molar refractivity (Wildman–Crippen MR) is 79.4 cm³/mol. The van der Waals surface area contributed by atoms with Crippen LogP contribution in [-0.4, -0.2) is 4.98 Å². The van der Waals surface area contributed by atoms with Gasteiger partial charge in [-0.05, 0) is 35.9 Å². The summed E-state index contributed by atoms with van der Waals surface area (Å²) in [6.07, 6.45) is 0. The van der Waals surface area contributed by atoms with Crippen LogP contribution in [0.5, 0.6) is 0 Å². The molecule has 0 amide bonds. The van der Waals surface area contributed by atoms with Gasteiger partial charge in [-0.15, -0.1) is 0 Å². The highest BCUT2D eigenvalue weighted by Gasteiger charge is 2.09. The first-order chi connectivity index (χ1) is 9.61. The fourth-order valence-corrected chi connectivity index (χ4v) is 2.78. The normalized spacial score (nSPS) is 11.1. The molecule has 0 fully saturated rings. The van der Waals surface area contributed by atoms with E-state index >= 15 is 0 Å². The Morgan fingerprint density at radius 3 is 2.95 bits per heavy atom. The molecule has 2 N–H and O–H groups in total. The number of hydrogen-bond donors (Lipinski definition) is 1. The minimum absolute atomic E-state index is 0.290. The number of nitrogens with zero attached hydrogens (tertiary/aromatic N) is 1. The summed E-state index contributed by atoms with van der Waals surface area (Å²) in [7, 11) is 0. The third-order valence-electron chi connectivity index (χ3n) is 2.75. The van der Waals surface area contributed by atoms with E-state index in [0.29, 0.717) is 32.8 Å². The van der Waals surface area contributed by atoms with Crippen LogP contribution in [0, 0.1) is 5.82 Å². The molecule has 3 aromatic rings. The van der Waals surface area contributed by atoms with Crippen molar-refractivity contribution in [3.8, 4) is 0 Å². The molecule has 2 aromatic carbocycles. The van der Waals surface area contributed by atoms with Gasteiger partial charge in [-0.25, -0.2) is 9.37 Å². The lowest BCUT2D eigenvalue weighted by Gasteiger charge is -2.01. The van der Waals surface area contributed by atoms with Gasteiger partial charge in [0.2, 0.25) is 0 Å². The highest BCUT2D eigenvalue weighted by molar-refractivity contribution is 7.98. The molecule has 6 heteroatoms. The number of fused-ring (bicyclic) bond motifs is 1. The molecule has 0 aliphatic heterocycles. The first-order valence-electron chi connectivity index (χ1n) is 5.84. The molecule has 0 atom stereocenters. The van der Waals surface area contributed by atoms with E-state index in [2.05, 4.69) is 4.98 Å². The molecule has 20 heavy (non-hydrogen) atoms. The number of anilines is 1. The summed E-state index contributed by atoms with van der Waals surface area (Å²) in [5, 5.41) is 0.984. The lowest BCUT2D eigenvalue weighted by atomic mass is 10.2. The number of aromatic nitrogens is 1. The zero-order valence-corrected chi connectivity index (χ0v) is 11.8. The van der Waals surface area contributed by atoms with Crippen molar-refractivity contribution in [1.29, 1.82) is 0 Å². The fourth-order valence-electron chi connectivity index (χ4n) is 1.78. The van der Waals surface area contributed by atoms with Crippen LogP contribution >= 0.6 is 23.4 Å². The monoisotopic (exact) mass is 308 g/mol. The standard InChI is InChI=1S/C14H10ClFN2OS/c15-9-1-3-11(16)8(5-9)7-20-14-18-12-4-2-10(17)6-13(12)19-14/h1-6H,7,17H2. The maximum absolute atomic E-state index is 13.6. The first-order valence-corrected chi connectivity index (χ1v) is 7.21. The van der Waals surface area contributed by atoms with Gasteiger partial charge >= 0.3 is 0 Å². The van der Waals surface area contributed by atoms with Crippen LogP contribution in [0.1, 0.15) is 5.56 Å². The summed E-state index contributed by atoms with van der Waals surface area (Å²) in [6, 6.07) is 9.74. The van der Waals surface area contributed by atoms with Crippen LogP contribution in [0.3, 0.4) is 0 Å². The smallest absolute Gasteiger partial charge is 0.257 e. The Labute approximate surface area is 123 Å². The minimum Gasteiger partial charge on any atom is -0.431 e. The number of rotatable bonds is 3. The molecular formula is C14H10ClFN2OS. The van der Waals surface area contributed by atoms with Crippen molar-refractivity contribution in [1.82, 2.24) is 4.98 Å². The number of nitrogens with two attached hydrogens (primary N) is 1. The second-order valence-corrected chi connectivity index (χ2v) is 5.59. The van der Waals surface area contributed by atoms with E-state index in [9.17, 15) is 4.39 Å². The Bertz CT molecular complexity index is 775. The average Bonchev–Trinajstić information content (AvgIpc) is 2.81. The molecule has 1 aromatic heterocycles. The van der Waals surface area contributed by atoms with Gasteiger partial charge in [-0.1, -0.05) is 23.4 Å². The predicted octanol–water partition coefficient (Wildman–Crippen LogP) is 4.49. The number of benzene rings is 2. The highest BCUT2D eigenvalue weighted by Crippen LogP contribution is 2.28. The molecule has 0 saturated heterocycles. The molecule has 0 unspecified atom stereocenters. The third kappa shape index (κ3) is 2.73. The first kappa shape index (κ1) is 13.3. The number of thioether (sulfide) groups is 1. The molecule has 0 spiro atoms. The number of nitrogen functional groups attached to an aromatic ring is 1. The molecule has 0 radical (unpaired) electrons. The SMILES string of the molecule is Nc1ccc2nc(SCc3cc(Cl)ccc3F)oc2c1. The van der Waals surface area contributed by atoms with Gasteiger partial charge in [0, 0.05) is 22.5 Å². The van der Waals surface area contributed by atoms with Crippen molar-refractivity contribution in [3.63, 3.8) is 0 Å². The molecule has 0 aliphatic carbocycles. The van der Waals surface area contributed by atoms with Crippen molar-refractivity contribution >= 4 is 40.1 Å². The lowest BCUT2D eigenvalue weighted by molar-refractivity contribution is 0.489. The van der Waals surface area contributed by atoms with Gasteiger partial charge in [0.1, 0.15) is 11.3 Å². The molecule has 3 nitrogen and oxygen atoms in total. The molecule has 0 bridgehead atoms. The van der Waals surface area contributed by atoms with Gasteiger partial charge in [0.25, 0.3) is 5.22 Å². The average molecular weight is 309 g/mol. The summed E-state index contributed by atoms with van der Waals surface area (Å²) in [4.78, 5) is 4.31. The van der Waals surface area contributed by atoms with E-state index in [-0.39, 0.29) is 5.82 Å². The fraction of sp³-hybridized carbons (Fsp3) is 0.0714. The van der Waals surface area contributed by atoms with Gasteiger partial charge in [-0.3, -0.25) is 0 Å². The van der Waals surface area contributed by atoms with E-state index in [4.69, 9.17) is 21.8 Å². The summed E-state index contributed by atoms with van der Waals surface area (Å²) in [6.45, 7) is 0. The van der Waals surface area contributed by atoms with E-state index < -0.39 is 0 Å². The van der Waals surface area contributed by atoms with Crippen LogP contribution in [0.25, 0.3) is 11.1 Å². The second kappa shape index (κ2) is 5.34. The number of halogens is 2. The Balaban J connectivity index is 1.81. The van der Waals surface area contributed by atoms with Crippen molar-refractivity contribution in [2.24, 2.45) is 0 Å². The van der Waals surface area contributed by atoms with Crippen molar-refractivity contribution < 1.29 is 8.81 Å². The van der Waals surface area contributed by atoms with Crippen molar-refractivity contribution in [3.05, 3.63) is 52.8 Å². The topological polar surface area (TPSA) is 52.0 Å². The quantitative estimate of drug-likeness (QED) is 0.572. The Hall–Kier alpha value is -1.72. The van der Waals surface area contributed by atoms with E-state index in [1.165, 1.54) is 23.9 Å². The molecular weight excluding hydrogens is 299 g/mol. The zero-order valence-electron chi connectivity index (χ0n) is 10.3. The van der Waals surface area contributed by atoms with Crippen LogP contribution in [0.4, 0.5) is 10.1 Å². The summed E-state index contributed by atoms with van der Waals surface area (Å²) in [5.74, 6) is 0.108. The van der Waals surface area contributed by atoms with Gasteiger partial charge in [0.15, 0.2) is 5.58 Å². The van der Waals surface area contributed by atoms with Crippen LogP contribution in [0.15, 0.2) is 46.0 Å². The molecule has 1 heterocycles. The van der Waals surface area contributed by atoms with Gasteiger partial charge in [0.05, 0.1) is 0 Å². The largest absolute Gasteiger partial charge is 0.431 e. The lowest BCUT2D eigenvalue weighted by Crippen LogP contribution is -1.87. The Morgan fingerprint density at radius 1 is 1.25 bits per heavy atom. The summed E-state index contributed by atoms with van der Waals surface area (Å²) in [5.41, 5.74) is 8.16. The Kier molecular flexibility index (Phi) is 3.54. The van der Waals surface area contributed by atoms with Crippen LogP contribution in [0.2, 0.25) is 5.02 Å². The van der Waals surface area contributed by atoms with Gasteiger partial charge in [-0.2, -0.15) is 0 Å². The maximum Gasteiger partial charge on any atom is 0.257 e. The minimum atomic E-state index is -0.290. The summed E-state index contributed by atoms with van der Waals surface area (Å²) < 4.78 is 19.1. The molecule has 3 rings (SSSR count). The van der Waals surface area contributed by atoms with E-state index in [1.807, 2.05) is 0 Å². The van der Waals surface area contributed by atoms with Crippen molar-refractivity contribution in [2.45, 2.75) is 11.0 Å². The van der Waals surface area contributed by atoms with Gasteiger partial charge < -0.3 is 10.2 Å². The zero-order chi connectivity index (χ0) is 14.1. The second-order valence-electron chi connectivity index (χ2n) is 4.23. The number of hydrogen-bond acceptors (Lipinski definition) is 4. The summed E-state index contributed by atoms with van der Waals surface area (Å²) >= 11 is 7.16. The van der Waals surface area contributed by atoms with E-state index in [1.54, 1.807) is 24.3 Å². The Morgan fingerprint density at radius 2 is 2.10 bits per heavy atom. The highest BCUT2D eigenvalue weighted by atomic mass is 35.5. The number of oxazole rings is 1. The van der Waals surface area contributed by atoms with Crippen molar-refractivity contribution in [2.75, 3.05) is 5.73 Å². The third-order valence-corrected chi connectivity index (χ3v) is 3.86. The van der Waals surface area contributed by atoms with Crippen LogP contribution < -0.4 is 5.73 Å². The molecule has 0 aliphatic rings. The van der Waals surface area contributed by atoms with E-state index in [0.717, 1.165) is 5.52 Å². The van der Waals surface area contributed by atoms with Crippen LogP contribution in [-0.2, 0) is 5.75 Å². The molecule has 0 saturated carbocycles. The molecule has 102 valence electrons. The maximum atomic E-state index is 13.6.